The lowest BCUT2D eigenvalue weighted by atomic mass is 10.00. The summed E-state index contributed by atoms with van der Waals surface area (Å²) in [7, 11) is 0. The monoisotopic (exact) mass is 213 g/mol. The van der Waals surface area contributed by atoms with E-state index in [4.69, 9.17) is 5.73 Å². The summed E-state index contributed by atoms with van der Waals surface area (Å²) in [5.41, 5.74) is 9.54. The summed E-state index contributed by atoms with van der Waals surface area (Å²) in [5, 5.41) is 0. The molecule has 3 nitrogen and oxygen atoms in total. The van der Waals surface area contributed by atoms with Crippen LogP contribution in [0.2, 0.25) is 0 Å². The van der Waals surface area contributed by atoms with E-state index in [9.17, 15) is 0 Å². The van der Waals surface area contributed by atoms with Crippen LogP contribution in [0.25, 0.3) is 0 Å². The molecule has 0 aliphatic carbocycles. The van der Waals surface area contributed by atoms with E-state index >= 15 is 0 Å². The van der Waals surface area contributed by atoms with Gasteiger partial charge in [-0.15, -0.1) is 0 Å². The van der Waals surface area contributed by atoms with Gasteiger partial charge in [0.05, 0.1) is 11.7 Å². The highest BCUT2D eigenvalue weighted by Gasteiger charge is 2.09. The van der Waals surface area contributed by atoms with Crippen molar-refractivity contribution in [2.75, 3.05) is 0 Å². The summed E-state index contributed by atoms with van der Waals surface area (Å²) in [6.07, 6.45) is 4.07. The van der Waals surface area contributed by atoms with Gasteiger partial charge in [0, 0.05) is 6.20 Å². The van der Waals surface area contributed by atoms with Gasteiger partial charge in [0.25, 0.3) is 0 Å². The van der Waals surface area contributed by atoms with Crippen molar-refractivity contribution < 1.29 is 0 Å². The van der Waals surface area contributed by atoms with Crippen molar-refractivity contribution in [2.45, 2.75) is 19.4 Å². The largest absolute Gasteiger partial charge is 0.322 e. The zero-order valence-corrected chi connectivity index (χ0v) is 9.30. The van der Waals surface area contributed by atoms with Crippen LogP contribution < -0.4 is 5.73 Å². The van der Waals surface area contributed by atoms with Gasteiger partial charge in [-0.2, -0.15) is 0 Å². The van der Waals surface area contributed by atoms with Crippen LogP contribution >= 0.6 is 0 Å². The Morgan fingerprint density at radius 1 is 1.25 bits per heavy atom. The second kappa shape index (κ2) is 4.86. The maximum atomic E-state index is 6.11. The summed E-state index contributed by atoms with van der Waals surface area (Å²) in [4.78, 5) is 8.05. The third kappa shape index (κ3) is 2.44. The zero-order valence-electron chi connectivity index (χ0n) is 9.30. The molecule has 2 N–H and O–H groups in total. The second-order valence-electron chi connectivity index (χ2n) is 3.87. The lowest BCUT2D eigenvalue weighted by Crippen LogP contribution is -2.15. The van der Waals surface area contributed by atoms with Gasteiger partial charge < -0.3 is 5.73 Å². The summed E-state index contributed by atoms with van der Waals surface area (Å²) in [6, 6.07) is 10.1. The van der Waals surface area contributed by atoms with Crippen LogP contribution in [-0.2, 0) is 6.42 Å². The third-order valence-electron chi connectivity index (χ3n) is 2.69. The number of hydrogen-bond donors (Lipinski definition) is 1. The van der Waals surface area contributed by atoms with Crippen LogP contribution in [0.15, 0.2) is 42.9 Å². The predicted octanol–water partition coefficient (Wildman–Crippen LogP) is 2.03. The van der Waals surface area contributed by atoms with Gasteiger partial charge in [0.1, 0.15) is 6.33 Å². The van der Waals surface area contributed by atoms with Crippen molar-refractivity contribution in [2.24, 2.45) is 5.73 Å². The molecule has 2 aromatic rings. The molecular weight excluding hydrogens is 198 g/mol. The quantitative estimate of drug-likeness (QED) is 0.848. The Labute approximate surface area is 95.4 Å². The van der Waals surface area contributed by atoms with Gasteiger partial charge in [-0.25, -0.2) is 9.97 Å². The van der Waals surface area contributed by atoms with Crippen LogP contribution in [0, 0.1) is 6.92 Å². The molecule has 0 aliphatic rings. The Hall–Kier alpha value is -1.74. The molecule has 82 valence electrons. The fraction of sp³-hybridized carbons (Fsp3) is 0.231. The van der Waals surface area contributed by atoms with E-state index in [1.807, 2.05) is 18.2 Å². The first-order valence-electron chi connectivity index (χ1n) is 5.33. The smallest absolute Gasteiger partial charge is 0.115 e. The second-order valence-corrected chi connectivity index (χ2v) is 3.87. The SMILES string of the molecule is Cc1ccccc1CC(N)c1ccncn1. The maximum absolute atomic E-state index is 6.11. The summed E-state index contributed by atoms with van der Waals surface area (Å²) < 4.78 is 0. The first kappa shape index (κ1) is 10.8. The van der Waals surface area contributed by atoms with E-state index in [1.54, 1.807) is 6.20 Å². The summed E-state index contributed by atoms with van der Waals surface area (Å²) in [6.45, 7) is 2.10. The lowest BCUT2D eigenvalue weighted by Gasteiger charge is -2.12. The van der Waals surface area contributed by atoms with Gasteiger partial charge in [-0.1, -0.05) is 24.3 Å². The molecule has 16 heavy (non-hydrogen) atoms. The van der Waals surface area contributed by atoms with Crippen molar-refractivity contribution in [3.8, 4) is 0 Å². The molecule has 2 rings (SSSR count). The van der Waals surface area contributed by atoms with Crippen LogP contribution in [0.1, 0.15) is 22.9 Å². The normalized spacial score (nSPS) is 12.4. The molecule has 0 amide bonds. The van der Waals surface area contributed by atoms with Gasteiger partial charge in [0.15, 0.2) is 0 Å². The summed E-state index contributed by atoms with van der Waals surface area (Å²) >= 11 is 0. The van der Waals surface area contributed by atoms with E-state index in [-0.39, 0.29) is 6.04 Å². The van der Waals surface area contributed by atoms with E-state index in [1.165, 1.54) is 17.5 Å². The topological polar surface area (TPSA) is 51.8 Å². The molecule has 0 saturated carbocycles. The van der Waals surface area contributed by atoms with E-state index in [0.29, 0.717) is 0 Å². The van der Waals surface area contributed by atoms with Crippen molar-refractivity contribution in [1.82, 2.24) is 9.97 Å². The molecule has 0 fully saturated rings. The average molecular weight is 213 g/mol. The fourth-order valence-electron chi connectivity index (χ4n) is 1.70. The van der Waals surface area contributed by atoms with Crippen LogP contribution in [0.5, 0.6) is 0 Å². The van der Waals surface area contributed by atoms with Crippen LogP contribution in [-0.4, -0.2) is 9.97 Å². The maximum Gasteiger partial charge on any atom is 0.115 e. The Morgan fingerprint density at radius 3 is 2.75 bits per heavy atom. The lowest BCUT2D eigenvalue weighted by molar-refractivity contribution is 0.690. The standard InChI is InChI=1S/C13H15N3/c1-10-4-2-3-5-11(10)8-12(14)13-6-7-15-9-16-13/h2-7,9,12H,8,14H2,1H3. The number of hydrogen-bond acceptors (Lipinski definition) is 3. The molecule has 1 atom stereocenters. The number of aromatic nitrogens is 2. The molecule has 1 unspecified atom stereocenters. The highest BCUT2D eigenvalue weighted by atomic mass is 14.8. The van der Waals surface area contributed by atoms with Crippen molar-refractivity contribution in [3.63, 3.8) is 0 Å². The van der Waals surface area contributed by atoms with E-state index in [0.717, 1.165) is 12.1 Å². The van der Waals surface area contributed by atoms with Crippen molar-refractivity contribution >= 4 is 0 Å². The van der Waals surface area contributed by atoms with Crippen molar-refractivity contribution in [3.05, 3.63) is 59.7 Å². The summed E-state index contributed by atoms with van der Waals surface area (Å²) in [5.74, 6) is 0. The molecule has 0 aliphatic heterocycles. The zero-order chi connectivity index (χ0) is 11.4. The van der Waals surface area contributed by atoms with Crippen LogP contribution in [0.3, 0.4) is 0 Å². The molecule has 1 aromatic heterocycles. The Bertz CT molecular complexity index is 454. The number of benzene rings is 1. The first-order chi connectivity index (χ1) is 7.77. The molecule has 1 heterocycles. The minimum absolute atomic E-state index is 0.0656. The highest BCUT2D eigenvalue weighted by Crippen LogP contribution is 2.16. The first-order valence-corrected chi connectivity index (χ1v) is 5.33. The van der Waals surface area contributed by atoms with E-state index in [2.05, 4.69) is 29.0 Å². The molecule has 0 bridgehead atoms. The minimum Gasteiger partial charge on any atom is -0.322 e. The Kier molecular flexibility index (Phi) is 3.27. The molecule has 3 heteroatoms. The molecule has 0 radical (unpaired) electrons. The Balaban J connectivity index is 2.14. The van der Waals surface area contributed by atoms with Gasteiger partial charge >= 0.3 is 0 Å². The van der Waals surface area contributed by atoms with E-state index < -0.39 is 0 Å². The minimum atomic E-state index is -0.0656. The van der Waals surface area contributed by atoms with Gasteiger partial charge in [0.2, 0.25) is 0 Å². The predicted molar refractivity (Wildman–Crippen MR) is 63.8 cm³/mol. The molecule has 0 spiro atoms. The number of nitrogens with zero attached hydrogens (tertiary/aromatic N) is 2. The number of rotatable bonds is 3. The average Bonchev–Trinajstić information content (AvgIpc) is 2.33. The van der Waals surface area contributed by atoms with Gasteiger partial charge in [-0.05, 0) is 30.5 Å². The van der Waals surface area contributed by atoms with Crippen molar-refractivity contribution in [1.29, 1.82) is 0 Å². The number of nitrogens with two attached hydrogens (primary N) is 1. The Morgan fingerprint density at radius 2 is 2.06 bits per heavy atom. The fourth-order valence-corrected chi connectivity index (χ4v) is 1.70. The van der Waals surface area contributed by atoms with Crippen LogP contribution in [0.4, 0.5) is 0 Å². The highest BCUT2D eigenvalue weighted by molar-refractivity contribution is 5.27. The number of aryl methyl sites for hydroxylation is 1. The molecular formula is C13H15N3. The molecule has 0 saturated heterocycles. The third-order valence-corrected chi connectivity index (χ3v) is 2.69. The van der Waals surface area contributed by atoms with Gasteiger partial charge in [-0.3, -0.25) is 0 Å². The molecule has 1 aromatic carbocycles.